The van der Waals surface area contributed by atoms with E-state index >= 15 is 0 Å². The largest absolute Gasteiger partial charge is 0.497 e. The summed E-state index contributed by atoms with van der Waals surface area (Å²) in [5.41, 5.74) is 2.81. The van der Waals surface area contributed by atoms with Gasteiger partial charge in [-0.15, -0.1) is 0 Å². The van der Waals surface area contributed by atoms with Crippen molar-refractivity contribution in [3.8, 4) is 22.8 Å². The number of nitrogens with zero attached hydrogens (tertiary/aromatic N) is 2. The summed E-state index contributed by atoms with van der Waals surface area (Å²) in [4.78, 5) is 12.7. The lowest BCUT2D eigenvalue weighted by atomic mass is 10.2. The van der Waals surface area contributed by atoms with Crippen molar-refractivity contribution in [2.75, 3.05) is 19.5 Å². The molecule has 4 rings (SSSR count). The van der Waals surface area contributed by atoms with Crippen LogP contribution in [0, 0.1) is 0 Å². The van der Waals surface area contributed by atoms with Gasteiger partial charge >= 0.3 is 0 Å². The number of amides is 1. The molecule has 1 aliphatic heterocycles. The van der Waals surface area contributed by atoms with Gasteiger partial charge in [0.1, 0.15) is 17.7 Å². The van der Waals surface area contributed by atoms with Crippen LogP contribution in [0.3, 0.4) is 0 Å². The van der Waals surface area contributed by atoms with Crippen molar-refractivity contribution in [2.45, 2.75) is 25.9 Å². The predicted octanol–water partition coefficient (Wildman–Crippen LogP) is 3.70. The molecule has 0 saturated heterocycles. The first kappa shape index (κ1) is 19.3. The third-order valence-corrected chi connectivity index (χ3v) is 5.38. The Balaban J connectivity index is 1.56. The molecule has 7 heteroatoms. The van der Waals surface area contributed by atoms with Crippen LogP contribution >= 0.6 is 11.6 Å². The summed E-state index contributed by atoms with van der Waals surface area (Å²) in [5.74, 6) is 2.28. The van der Waals surface area contributed by atoms with Crippen LogP contribution in [0.5, 0.6) is 11.5 Å². The van der Waals surface area contributed by atoms with Gasteiger partial charge in [0, 0.05) is 16.7 Å². The van der Waals surface area contributed by atoms with E-state index in [1.807, 2.05) is 35.0 Å². The number of halogens is 1. The van der Waals surface area contributed by atoms with E-state index in [1.165, 1.54) is 0 Å². The van der Waals surface area contributed by atoms with Crippen molar-refractivity contribution in [3.05, 3.63) is 59.5 Å². The molecule has 1 N–H and O–H groups in total. The van der Waals surface area contributed by atoms with E-state index in [0.29, 0.717) is 22.2 Å². The fraction of sp³-hybridized carbons (Fsp3) is 0.273. The van der Waals surface area contributed by atoms with Gasteiger partial charge in [0.2, 0.25) is 0 Å². The first-order valence-electron chi connectivity index (χ1n) is 9.48. The quantitative estimate of drug-likeness (QED) is 0.628. The van der Waals surface area contributed by atoms with Crippen molar-refractivity contribution < 1.29 is 18.8 Å². The molecule has 1 aromatic heterocycles. The summed E-state index contributed by atoms with van der Waals surface area (Å²) >= 11 is 6.03. The highest BCUT2D eigenvalue weighted by Gasteiger charge is 2.29. The second kappa shape index (κ2) is 8.17. The summed E-state index contributed by atoms with van der Waals surface area (Å²) < 4.78 is 14.9. The summed E-state index contributed by atoms with van der Waals surface area (Å²) in [7, 11) is 3.16. The molecule has 0 atom stereocenters. The van der Waals surface area contributed by atoms with Gasteiger partial charge in [-0.25, -0.2) is 9.13 Å². The first-order valence-corrected chi connectivity index (χ1v) is 9.86. The highest BCUT2D eigenvalue weighted by molar-refractivity contribution is 6.30. The SMILES string of the molecule is COc1ccc(NC(=O)C[n+]2cc(-c3ccc(Cl)cc3)n3c2CCC3)c(OC)c1. The average molecular weight is 413 g/mol. The van der Waals surface area contributed by atoms with Crippen LogP contribution in [-0.4, -0.2) is 24.7 Å². The molecule has 0 aliphatic carbocycles. The number of methoxy groups -OCH3 is 2. The Kier molecular flexibility index (Phi) is 5.45. The normalized spacial score (nSPS) is 12.5. The predicted molar refractivity (Wildman–Crippen MR) is 112 cm³/mol. The van der Waals surface area contributed by atoms with E-state index in [9.17, 15) is 4.79 Å². The van der Waals surface area contributed by atoms with Crippen molar-refractivity contribution in [2.24, 2.45) is 0 Å². The molecule has 1 amide bonds. The number of fused-ring (bicyclic) bond motifs is 1. The number of anilines is 1. The minimum Gasteiger partial charge on any atom is -0.497 e. The van der Waals surface area contributed by atoms with E-state index in [0.717, 1.165) is 36.5 Å². The Hall–Kier alpha value is -2.99. The first-order chi connectivity index (χ1) is 14.1. The molecule has 6 nitrogen and oxygen atoms in total. The van der Waals surface area contributed by atoms with Gasteiger partial charge in [-0.05, 0) is 42.8 Å². The molecular formula is C22H23ClN3O3+. The lowest BCUT2D eigenvalue weighted by Crippen LogP contribution is -2.42. The van der Waals surface area contributed by atoms with Crippen LogP contribution in [0.2, 0.25) is 5.02 Å². The lowest BCUT2D eigenvalue weighted by Gasteiger charge is -2.11. The lowest BCUT2D eigenvalue weighted by molar-refractivity contribution is -0.690. The number of hydrogen-bond acceptors (Lipinski definition) is 3. The topological polar surface area (TPSA) is 56.4 Å². The van der Waals surface area contributed by atoms with Crippen molar-refractivity contribution in [1.82, 2.24) is 4.57 Å². The Bertz CT molecular complexity index is 1040. The summed E-state index contributed by atoms with van der Waals surface area (Å²) in [6.45, 7) is 1.19. The van der Waals surface area contributed by atoms with Gasteiger partial charge in [0.15, 0.2) is 12.2 Å². The van der Waals surface area contributed by atoms with Gasteiger partial charge in [0.05, 0.1) is 32.9 Å². The number of carbonyl (C=O) groups is 1. The van der Waals surface area contributed by atoms with Crippen LogP contribution in [0.4, 0.5) is 5.69 Å². The van der Waals surface area contributed by atoms with Crippen LogP contribution in [-0.2, 0) is 24.3 Å². The minimum absolute atomic E-state index is 0.110. The number of carbonyl (C=O) groups excluding carboxylic acids is 1. The van der Waals surface area contributed by atoms with Crippen LogP contribution in [0.1, 0.15) is 12.2 Å². The molecule has 1 aliphatic rings. The number of imidazole rings is 1. The van der Waals surface area contributed by atoms with Gasteiger partial charge in [0.25, 0.3) is 11.7 Å². The minimum atomic E-state index is -0.110. The molecule has 0 saturated carbocycles. The second-order valence-electron chi connectivity index (χ2n) is 6.93. The fourth-order valence-corrected chi connectivity index (χ4v) is 3.87. The van der Waals surface area contributed by atoms with E-state index in [1.54, 1.807) is 32.4 Å². The number of nitrogens with one attached hydrogen (secondary N) is 1. The Morgan fingerprint density at radius 1 is 1.17 bits per heavy atom. The molecule has 0 fully saturated rings. The molecule has 2 aromatic carbocycles. The fourth-order valence-electron chi connectivity index (χ4n) is 3.74. The summed E-state index contributed by atoms with van der Waals surface area (Å²) in [6, 6.07) is 13.1. The van der Waals surface area contributed by atoms with E-state index < -0.39 is 0 Å². The Morgan fingerprint density at radius 2 is 1.97 bits per heavy atom. The highest BCUT2D eigenvalue weighted by atomic mass is 35.5. The van der Waals surface area contributed by atoms with Gasteiger partial charge in [-0.1, -0.05) is 11.6 Å². The zero-order valence-electron chi connectivity index (χ0n) is 16.4. The summed E-state index contributed by atoms with van der Waals surface area (Å²) in [6.07, 6.45) is 4.07. The zero-order valence-corrected chi connectivity index (χ0v) is 17.2. The smallest absolute Gasteiger partial charge is 0.266 e. The number of hydrogen-bond donors (Lipinski definition) is 1. The zero-order chi connectivity index (χ0) is 20.4. The molecule has 150 valence electrons. The maximum absolute atomic E-state index is 12.7. The van der Waals surface area contributed by atoms with E-state index in [2.05, 4.69) is 9.88 Å². The maximum atomic E-state index is 12.7. The molecule has 3 aromatic rings. The van der Waals surface area contributed by atoms with Crippen LogP contribution in [0.25, 0.3) is 11.3 Å². The van der Waals surface area contributed by atoms with E-state index in [-0.39, 0.29) is 12.5 Å². The van der Waals surface area contributed by atoms with Gasteiger partial charge < -0.3 is 14.8 Å². The second-order valence-corrected chi connectivity index (χ2v) is 7.37. The molecule has 2 heterocycles. The Morgan fingerprint density at radius 3 is 2.69 bits per heavy atom. The molecule has 0 bridgehead atoms. The van der Waals surface area contributed by atoms with Crippen LogP contribution in [0.15, 0.2) is 48.7 Å². The van der Waals surface area contributed by atoms with Crippen molar-refractivity contribution in [3.63, 3.8) is 0 Å². The number of benzene rings is 2. The van der Waals surface area contributed by atoms with Crippen molar-refractivity contribution >= 4 is 23.2 Å². The molecule has 0 spiro atoms. The third-order valence-electron chi connectivity index (χ3n) is 5.13. The molecular weight excluding hydrogens is 390 g/mol. The van der Waals surface area contributed by atoms with E-state index in [4.69, 9.17) is 21.1 Å². The number of ether oxygens (including phenoxy) is 2. The maximum Gasteiger partial charge on any atom is 0.266 e. The highest BCUT2D eigenvalue weighted by Crippen LogP contribution is 2.29. The number of rotatable bonds is 6. The summed E-state index contributed by atoms with van der Waals surface area (Å²) in [5, 5.41) is 3.65. The standard InChI is InChI=1S/C22H22ClN3O3/c1-28-17-9-10-18(20(12-17)29-2)24-21(27)14-25-13-19(26-11-3-4-22(25)26)15-5-7-16(23)8-6-15/h5-10,12-13H,3-4,11,14H2,1-2H3/p+1. The molecule has 29 heavy (non-hydrogen) atoms. The van der Waals surface area contributed by atoms with Gasteiger partial charge in [-0.2, -0.15) is 0 Å². The molecule has 0 radical (unpaired) electrons. The monoisotopic (exact) mass is 412 g/mol. The average Bonchev–Trinajstić information content (AvgIpc) is 3.33. The Labute approximate surface area is 174 Å². The van der Waals surface area contributed by atoms with Gasteiger partial charge in [-0.3, -0.25) is 4.79 Å². The van der Waals surface area contributed by atoms with Crippen LogP contribution < -0.4 is 19.4 Å². The third kappa shape index (κ3) is 3.93. The van der Waals surface area contributed by atoms with Crippen molar-refractivity contribution in [1.29, 1.82) is 0 Å². The number of aromatic nitrogens is 2. The molecule has 0 unspecified atom stereocenters.